The van der Waals surface area contributed by atoms with Crippen molar-refractivity contribution in [1.82, 2.24) is 9.80 Å². The summed E-state index contributed by atoms with van der Waals surface area (Å²) in [5, 5.41) is 2.91. The minimum absolute atomic E-state index is 0.0976. The molecule has 1 aromatic rings. The lowest BCUT2D eigenvalue weighted by atomic mass is 10.1. The molecule has 27 heavy (non-hydrogen) atoms. The van der Waals surface area contributed by atoms with Gasteiger partial charge in [-0.2, -0.15) is 0 Å². The van der Waals surface area contributed by atoms with Gasteiger partial charge in [-0.15, -0.1) is 0 Å². The average molecular weight is 371 g/mol. The van der Waals surface area contributed by atoms with E-state index in [2.05, 4.69) is 21.2 Å². The average Bonchev–Trinajstić information content (AvgIpc) is 3.47. The fourth-order valence-corrected chi connectivity index (χ4v) is 3.82. The van der Waals surface area contributed by atoms with Crippen LogP contribution in [0.5, 0.6) is 5.75 Å². The number of Topliss-reactive ketones (excluding diaryl/α,β-unsaturated/α-hetero) is 1. The van der Waals surface area contributed by atoms with Gasteiger partial charge in [0.15, 0.2) is 6.10 Å². The van der Waals surface area contributed by atoms with E-state index in [-0.39, 0.29) is 5.91 Å². The lowest BCUT2D eigenvalue weighted by Gasteiger charge is -2.34. The molecule has 1 atom stereocenters. The van der Waals surface area contributed by atoms with Gasteiger partial charge in [-0.25, -0.2) is 0 Å². The number of nitrogens with one attached hydrogen (secondary N) is 1. The highest BCUT2D eigenvalue weighted by Crippen LogP contribution is 2.33. The number of carbonyl (C=O) groups excluding carboxylic acids is 2. The van der Waals surface area contributed by atoms with Gasteiger partial charge in [-0.05, 0) is 37.0 Å². The zero-order valence-corrected chi connectivity index (χ0v) is 16.1. The van der Waals surface area contributed by atoms with Crippen LogP contribution in [0, 0.1) is 5.92 Å². The van der Waals surface area contributed by atoms with Gasteiger partial charge >= 0.3 is 0 Å². The van der Waals surface area contributed by atoms with E-state index in [1.165, 1.54) is 18.4 Å². The summed E-state index contributed by atoms with van der Waals surface area (Å²) in [6.45, 7) is 7.03. The molecular formula is C21H29N3O3. The topological polar surface area (TPSA) is 61.9 Å². The third-order valence-electron chi connectivity index (χ3n) is 5.77. The van der Waals surface area contributed by atoms with Gasteiger partial charge in [-0.3, -0.25) is 19.4 Å². The Kier molecular flexibility index (Phi) is 5.45. The number of carbonyl (C=O) groups is 2. The van der Waals surface area contributed by atoms with E-state index >= 15 is 0 Å². The number of amides is 1. The number of piperazine rings is 1. The molecule has 4 rings (SSSR count). The lowest BCUT2D eigenvalue weighted by Crippen LogP contribution is -2.47. The highest BCUT2D eigenvalue weighted by atomic mass is 16.5. The number of hydrogen-bond acceptors (Lipinski definition) is 5. The zero-order valence-electron chi connectivity index (χ0n) is 16.1. The number of ketones is 1. The fraction of sp³-hybridized carbons (Fsp3) is 0.619. The standard InChI is InChI=1S/C21H29N3O3/c1-15-21(26)22-19-12-17(5-7-20(19)27-15)13-23-8-10-24(11-9-23)14-18(25)6-4-16-2-3-16/h5,7,12,15-16H,2-4,6,8-11,13-14H2,1H3,(H,22,26). The van der Waals surface area contributed by atoms with E-state index in [0.29, 0.717) is 12.3 Å². The van der Waals surface area contributed by atoms with Crippen molar-refractivity contribution in [1.29, 1.82) is 0 Å². The number of rotatable bonds is 7. The van der Waals surface area contributed by atoms with Crippen LogP contribution >= 0.6 is 0 Å². The summed E-state index contributed by atoms with van der Waals surface area (Å²) in [7, 11) is 0. The van der Waals surface area contributed by atoms with Gasteiger partial charge < -0.3 is 10.1 Å². The molecule has 3 aliphatic rings. The molecule has 1 N–H and O–H groups in total. The fourth-order valence-electron chi connectivity index (χ4n) is 3.82. The Morgan fingerprint density at radius 2 is 1.93 bits per heavy atom. The molecule has 0 radical (unpaired) electrons. The highest BCUT2D eigenvalue weighted by molar-refractivity contribution is 5.97. The first-order chi connectivity index (χ1) is 13.1. The van der Waals surface area contributed by atoms with Crippen LogP contribution in [0.1, 0.15) is 38.2 Å². The summed E-state index contributed by atoms with van der Waals surface area (Å²) in [5.74, 6) is 1.87. The van der Waals surface area contributed by atoms with Crippen LogP contribution < -0.4 is 10.1 Å². The first-order valence-corrected chi connectivity index (χ1v) is 10.1. The van der Waals surface area contributed by atoms with Crippen molar-refractivity contribution in [3.05, 3.63) is 23.8 Å². The SMILES string of the molecule is CC1Oc2ccc(CN3CCN(CC(=O)CCC4CC4)CC3)cc2NC1=O. The molecule has 1 unspecified atom stereocenters. The van der Waals surface area contributed by atoms with Crippen molar-refractivity contribution >= 4 is 17.4 Å². The summed E-state index contributed by atoms with van der Waals surface area (Å²) in [5.41, 5.74) is 1.93. The molecule has 0 bridgehead atoms. The Morgan fingerprint density at radius 1 is 1.19 bits per heavy atom. The van der Waals surface area contributed by atoms with E-state index in [1.54, 1.807) is 6.92 Å². The Hall–Kier alpha value is -1.92. The quantitative estimate of drug-likeness (QED) is 0.797. The zero-order chi connectivity index (χ0) is 18.8. The molecule has 1 aromatic carbocycles. The number of benzene rings is 1. The number of ether oxygens (including phenoxy) is 1. The maximum Gasteiger partial charge on any atom is 0.265 e. The highest BCUT2D eigenvalue weighted by Gasteiger charge is 2.25. The molecule has 6 nitrogen and oxygen atoms in total. The summed E-state index contributed by atoms with van der Waals surface area (Å²) < 4.78 is 5.61. The minimum atomic E-state index is -0.441. The summed E-state index contributed by atoms with van der Waals surface area (Å²) in [6, 6.07) is 6.01. The Bertz CT molecular complexity index is 709. The lowest BCUT2D eigenvalue weighted by molar-refractivity contribution is -0.123. The van der Waals surface area contributed by atoms with E-state index in [9.17, 15) is 9.59 Å². The number of anilines is 1. The maximum absolute atomic E-state index is 12.1. The predicted octanol–water partition coefficient (Wildman–Crippen LogP) is 2.28. The van der Waals surface area contributed by atoms with Crippen LogP contribution in [-0.2, 0) is 16.1 Å². The normalized spacial score (nSPS) is 23.4. The van der Waals surface area contributed by atoms with Gasteiger partial charge in [0.05, 0.1) is 12.2 Å². The van der Waals surface area contributed by atoms with Crippen molar-refractivity contribution in [3.63, 3.8) is 0 Å². The van der Waals surface area contributed by atoms with E-state index in [1.807, 2.05) is 12.1 Å². The molecule has 2 heterocycles. The molecule has 6 heteroatoms. The van der Waals surface area contributed by atoms with Crippen molar-refractivity contribution in [3.8, 4) is 5.75 Å². The van der Waals surface area contributed by atoms with E-state index in [0.717, 1.165) is 62.9 Å². The van der Waals surface area contributed by atoms with Crippen LogP contribution in [0.25, 0.3) is 0 Å². The predicted molar refractivity (Wildman–Crippen MR) is 104 cm³/mol. The van der Waals surface area contributed by atoms with Crippen molar-refractivity contribution in [2.45, 2.75) is 45.3 Å². The monoisotopic (exact) mass is 371 g/mol. The van der Waals surface area contributed by atoms with E-state index in [4.69, 9.17) is 4.74 Å². The van der Waals surface area contributed by atoms with E-state index < -0.39 is 6.10 Å². The van der Waals surface area contributed by atoms with Crippen LogP contribution in [-0.4, -0.2) is 60.3 Å². The summed E-state index contributed by atoms with van der Waals surface area (Å²) in [6.07, 6.45) is 4.05. The van der Waals surface area contributed by atoms with Gasteiger partial charge in [0.1, 0.15) is 11.5 Å². The number of hydrogen-bond donors (Lipinski definition) is 1. The third-order valence-corrected chi connectivity index (χ3v) is 5.77. The van der Waals surface area contributed by atoms with Gasteiger partial charge in [0.25, 0.3) is 5.91 Å². The Morgan fingerprint density at radius 3 is 2.67 bits per heavy atom. The molecule has 2 fully saturated rings. The molecule has 146 valence electrons. The molecule has 1 saturated heterocycles. The molecule has 1 amide bonds. The minimum Gasteiger partial charge on any atom is -0.479 e. The van der Waals surface area contributed by atoms with Crippen molar-refractivity contribution in [2.24, 2.45) is 5.92 Å². The second kappa shape index (κ2) is 7.98. The van der Waals surface area contributed by atoms with Gasteiger partial charge in [0.2, 0.25) is 0 Å². The Balaban J connectivity index is 1.24. The van der Waals surface area contributed by atoms with Gasteiger partial charge in [-0.1, -0.05) is 18.9 Å². The first-order valence-electron chi connectivity index (χ1n) is 10.1. The first kappa shape index (κ1) is 18.4. The third kappa shape index (κ3) is 4.87. The van der Waals surface area contributed by atoms with Gasteiger partial charge in [0, 0.05) is 39.1 Å². The summed E-state index contributed by atoms with van der Waals surface area (Å²) in [4.78, 5) is 28.6. The largest absolute Gasteiger partial charge is 0.479 e. The molecule has 1 aliphatic carbocycles. The van der Waals surface area contributed by atoms with Crippen molar-refractivity contribution < 1.29 is 14.3 Å². The molecular weight excluding hydrogens is 342 g/mol. The second-order valence-corrected chi connectivity index (χ2v) is 8.15. The number of nitrogens with zero attached hydrogens (tertiary/aromatic N) is 2. The number of fused-ring (bicyclic) bond motifs is 1. The van der Waals surface area contributed by atoms with Crippen LogP contribution in [0.3, 0.4) is 0 Å². The molecule has 0 aromatic heterocycles. The Labute approximate surface area is 160 Å². The van der Waals surface area contributed by atoms with Crippen LogP contribution in [0.4, 0.5) is 5.69 Å². The second-order valence-electron chi connectivity index (χ2n) is 8.15. The maximum atomic E-state index is 12.1. The molecule has 2 aliphatic heterocycles. The smallest absolute Gasteiger partial charge is 0.265 e. The molecule has 0 spiro atoms. The van der Waals surface area contributed by atoms with Crippen LogP contribution in [0.2, 0.25) is 0 Å². The van der Waals surface area contributed by atoms with Crippen molar-refractivity contribution in [2.75, 3.05) is 38.0 Å². The molecule has 1 saturated carbocycles. The van der Waals surface area contributed by atoms with Crippen LogP contribution in [0.15, 0.2) is 18.2 Å². The summed E-state index contributed by atoms with van der Waals surface area (Å²) >= 11 is 0.